The number of Topliss-reactive ketones (excluding diaryl/α,β-unsaturated/α-hetero) is 2. The fourth-order valence-electron chi connectivity index (χ4n) is 2.43. The van der Waals surface area contributed by atoms with Gasteiger partial charge in [-0.25, -0.2) is 0 Å². The zero-order chi connectivity index (χ0) is 12.2. The lowest BCUT2D eigenvalue weighted by atomic mass is 9.90. The molecule has 0 N–H and O–H groups in total. The summed E-state index contributed by atoms with van der Waals surface area (Å²) in [5.74, 6) is 0.129. The van der Waals surface area contributed by atoms with Gasteiger partial charge < -0.3 is 9.80 Å². The molecule has 0 aromatic carbocycles. The lowest BCUT2D eigenvalue weighted by Crippen LogP contribution is -2.29. The zero-order valence-electron chi connectivity index (χ0n) is 10.2. The SMILES string of the molecule is CCC1=C(N2CC2)C(=O)C(C)=C(N2CC2)C1=O. The van der Waals surface area contributed by atoms with Gasteiger partial charge in [-0.2, -0.15) is 0 Å². The molecule has 4 heteroatoms. The van der Waals surface area contributed by atoms with E-state index < -0.39 is 0 Å². The van der Waals surface area contributed by atoms with Crippen molar-refractivity contribution in [2.75, 3.05) is 26.2 Å². The Kier molecular flexibility index (Phi) is 2.15. The average molecular weight is 232 g/mol. The summed E-state index contributed by atoms with van der Waals surface area (Å²) in [7, 11) is 0. The highest BCUT2D eigenvalue weighted by atomic mass is 16.1. The van der Waals surface area contributed by atoms with E-state index in [1.54, 1.807) is 6.92 Å². The fourth-order valence-corrected chi connectivity index (χ4v) is 2.43. The van der Waals surface area contributed by atoms with E-state index in [0.29, 0.717) is 29.0 Å². The Bertz CT molecular complexity index is 480. The van der Waals surface area contributed by atoms with Crippen molar-refractivity contribution in [3.8, 4) is 0 Å². The molecule has 0 unspecified atom stereocenters. The lowest BCUT2D eigenvalue weighted by molar-refractivity contribution is -0.118. The number of ketones is 2. The van der Waals surface area contributed by atoms with Crippen LogP contribution in [0.1, 0.15) is 20.3 Å². The van der Waals surface area contributed by atoms with Crippen LogP contribution in [0.2, 0.25) is 0 Å². The monoisotopic (exact) mass is 232 g/mol. The molecule has 3 aliphatic rings. The van der Waals surface area contributed by atoms with Crippen LogP contribution in [-0.4, -0.2) is 47.5 Å². The van der Waals surface area contributed by atoms with Crippen molar-refractivity contribution >= 4 is 11.6 Å². The highest BCUT2D eigenvalue weighted by Crippen LogP contribution is 2.34. The maximum absolute atomic E-state index is 12.4. The van der Waals surface area contributed by atoms with E-state index in [9.17, 15) is 9.59 Å². The molecule has 4 nitrogen and oxygen atoms in total. The van der Waals surface area contributed by atoms with Crippen molar-refractivity contribution < 1.29 is 9.59 Å². The summed E-state index contributed by atoms with van der Waals surface area (Å²) in [5, 5.41) is 0. The Hall–Kier alpha value is -1.58. The number of hydrogen-bond acceptors (Lipinski definition) is 4. The third kappa shape index (κ3) is 1.51. The first-order chi connectivity index (χ1) is 8.15. The molecule has 0 saturated carbocycles. The molecule has 1 aliphatic carbocycles. The van der Waals surface area contributed by atoms with E-state index in [0.717, 1.165) is 26.2 Å². The molecule has 2 saturated heterocycles. The Morgan fingerprint density at radius 3 is 1.94 bits per heavy atom. The molecule has 2 aliphatic heterocycles. The summed E-state index contributed by atoms with van der Waals surface area (Å²) in [6.45, 7) is 7.35. The molecule has 3 rings (SSSR count). The Morgan fingerprint density at radius 1 is 0.941 bits per heavy atom. The van der Waals surface area contributed by atoms with Crippen LogP contribution in [0.25, 0.3) is 0 Å². The third-order valence-electron chi connectivity index (χ3n) is 3.57. The largest absolute Gasteiger partial charge is 0.364 e. The first-order valence-electron chi connectivity index (χ1n) is 6.18. The summed E-state index contributed by atoms with van der Waals surface area (Å²) in [6, 6.07) is 0. The van der Waals surface area contributed by atoms with Crippen LogP contribution in [0, 0.1) is 0 Å². The van der Waals surface area contributed by atoms with Crippen molar-refractivity contribution in [1.82, 2.24) is 9.80 Å². The van der Waals surface area contributed by atoms with Gasteiger partial charge in [0.15, 0.2) is 0 Å². The van der Waals surface area contributed by atoms with Crippen LogP contribution in [0.4, 0.5) is 0 Å². The molecular formula is C13H16N2O2. The van der Waals surface area contributed by atoms with E-state index in [1.165, 1.54) is 0 Å². The molecule has 0 bridgehead atoms. The number of carbonyl (C=O) groups is 2. The standard InChI is InChI=1S/C13H16N2O2/c1-3-9-11(15-6-7-15)12(16)8(2)10(13(9)17)14-4-5-14/h3-7H2,1-2H3. The smallest absolute Gasteiger partial charge is 0.207 e. The van der Waals surface area contributed by atoms with Gasteiger partial charge in [-0.1, -0.05) is 6.92 Å². The van der Waals surface area contributed by atoms with Crippen molar-refractivity contribution in [3.63, 3.8) is 0 Å². The second-order valence-corrected chi connectivity index (χ2v) is 4.79. The summed E-state index contributed by atoms with van der Waals surface area (Å²) >= 11 is 0. The van der Waals surface area contributed by atoms with E-state index >= 15 is 0 Å². The molecule has 2 fully saturated rings. The number of hydrogen-bond donors (Lipinski definition) is 0. The molecule has 0 spiro atoms. The minimum absolute atomic E-state index is 0.0563. The van der Waals surface area contributed by atoms with Gasteiger partial charge in [-0.15, -0.1) is 0 Å². The number of allylic oxidation sites excluding steroid dienone is 2. The Balaban J connectivity index is 2.07. The first kappa shape index (κ1) is 10.6. The minimum Gasteiger partial charge on any atom is -0.364 e. The van der Waals surface area contributed by atoms with Crippen molar-refractivity contribution in [2.45, 2.75) is 20.3 Å². The van der Waals surface area contributed by atoms with Crippen LogP contribution in [-0.2, 0) is 9.59 Å². The van der Waals surface area contributed by atoms with E-state index in [-0.39, 0.29) is 11.6 Å². The summed E-state index contributed by atoms with van der Waals surface area (Å²) in [5.41, 5.74) is 2.66. The van der Waals surface area contributed by atoms with Gasteiger partial charge in [0.2, 0.25) is 11.6 Å². The molecule has 0 aromatic heterocycles. The van der Waals surface area contributed by atoms with Crippen LogP contribution in [0.5, 0.6) is 0 Å². The van der Waals surface area contributed by atoms with E-state index in [1.807, 2.05) is 16.7 Å². The van der Waals surface area contributed by atoms with Crippen molar-refractivity contribution in [3.05, 3.63) is 22.5 Å². The number of nitrogens with zero attached hydrogens (tertiary/aromatic N) is 2. The molecule has 90 valence electrons. The summed E-state index contributed by atoms with van der Waals surface area (Å²) in [4.78, 5) is 28.7. The molecule has 0 aromatic rings. The average Bonchev–Trinajstić information content (AvgIpc) is 3.14. The maximum Gasteiger partial charge on any atom is 0.207 e. The van der Waals surface area contributed by atoms with Gasteiger partial charge in [0.1, 0.15) is 0 Å². The van der Waals surface area contributed by atoms with Gasteiger partial charge in [-0.3, -0.25) is 9.59 Å². The van der Waals surface area contributed by atoms with Crippen LogP contribution in [0.15, 0.2) is 22.5 Å². The molecule has 0 amide bonds. The Morgan fingerprint density at radius 2 is 1.47 bits per heavy atom. The molecule has 0 radical (unpaired) electrons. The van der Waals surface area contributed by atoms with E-state index in [4.69, 9.17) is 0 Å². The topological polar surface area (TPSA) is 40.2 Å². The van der Waals surface area contributed by atoms with Gasteiger partial charge in [0.05, 0.1) is 11.4 Å². The Labute approximate surface area is 101 Å². The van der Waals surface area contributed by atoms with Gasteiger partial charge in [0, 0.05) is 37.3 Å². The second kappa shape index (κ2) is 3.45. The second-order valence-electron chi connectivity index (χ2n) is 4.79. The van der Waals surface area contributed by atoms with Gasteiger partial charge in [-0.05, 0) is 13.3 Å². The van der Waals surface area contributed by atoms with Crippen molar-refractivity contribution in [2.24, 2.45) is 0 Å². The number of carbonyl (C=O) groups excluding carboxylic acids is 2. The fraction of sp³-hybridized carbons (Fsp3) is 0.538. The van der Waals surface area contributed by atoms with Crippen LogP contribution in [0.3, 0.4) is 0 Å². The third-order valence-corrected chi connectivity index (χ3v) is 3.57. The highest BCUT2D eigenvalue weighted by molar-refractivity contribution is 6.24. The normalized spacial score (nSPS) is 23.9. The molecule has 2 heterocycles. The molecular weight excluding hydrogens is 216 g/mol. The van der Waals surface area contributed by atoms with E-state index in [2.05, 4.69) is 0 Å². The van der Waals surface area contributed by atoms with Crippen LogP contribution < -0.4 is 0 Å². The minimum atomic E-state index is 0.0563. The van der Waals surface area contributed by atoms with Crippen LogP contribution >= 0.6 is 0 Å². The van der Waals surface area contributed by atoms with Gasteiger partial charge >= 0.3 is 0 Å². The maximum atomic E-state index is 12.4. The summed E-state index contributed by atoms with van der Waals surface area (Å²) < 4.78 is 0. The zero-order valence-corrected chi connectivity index (χ0v) is 10.2. The predicted octanol–water partition coefficient (Wildman–Crippen LogP) is 0.708. The lowest BCUT2D eigenvalue weighted by Gasteiger charge is -2.23. The van der Waals surface area contributed by atoms with Gasteiger partial charge in [0.25, 0.3) is 0 Å². The molecule has 0 atom stereocenters. The number of rotatable bonds is 3. The predicted molar refractivity (Wildman–Crippen MR) is 63.2 cm³/mol. The summed E-state index contributed by atoms with van der Waals surface area (Å²) in [6.07, 6.45) is 0.640. The first-order valence-corrected chi connectivity index (χ1v) is 6.18. The quantitative estimate of drug-likeness (QED) is 0.530. The molecule has 17 heavy (non-hydrogen) atoms. The highest BCUT2D eigenvalue weighted by Gasteiger charge is 2.41. The van der Waals surface area contributed by atoms with Crippen molar-refractivity contribution in [1.29, 1.82) is 0 Å².